The molecule has 0 fully saturated rings. The highest BCUT2D eigenvalue weighted by atomic mass is 79.9. The van der Waals surface area contributed by atoms with E-state index in [1.165, 1.54) is 31.2 Å². The Balaban J connectivity index is 2.37. The van der Waals surface area contributed by atoms with Crippen molar-refractivity contribution in [3.05, 3.63) is 33.3 Å². The van der Waals surface area contributed by atoms with Crippen molar-refractivity contribution >= 4 is 27.5 Å². The zero-order valence-electron chi connectivity index (χ0n) is 11.3. The first-order valence-electron chi connectivity index (χ1n) is 6.82. The third-order valence-corrected chi connectivity index (χ3v) is 4.31. The molecule has 0 aromatic heterocycles. The van der Waals surface area contributed by atoms with Crippen LogP contribution in [-0.4, -0.2) is 6.54 Å². The third-order valence-electron chi connectivity index (χ3n) is 3.30. The van der Waals surface area contributed by atoms with E-state index < -0.39 is 0 Å². The van der Waals surface area contributed by atoms with Crippen molar-refractivity contribution in [2.75, 3.05) is 6.54 Å². The molecule has 0 aliphatic rings. The Hall–Kier alpha value is -0.0500. The van der Waals surface area contributed by atoms with Crippen LogP contribution in [0.15, 0.2) is 22.7 Å². The molecule has 3 heteroatoms. The van der Waals surface area contributed by atoms with Crippen molar-refractivity contribution in [1.29, 1.82) is 0 Å². The number of hydrogen-bond donors (Lipinski definition) is 1. The summed E-state index contributed by atoms with van der Waals surface area (Å²) in [5, 5.41) is 4.34. The van der Waals surface area contributed by atoms with Crippen LogP contribution >= 0.6 is 27.5 Å². The molecule has 102 valence electrons. The lowest BCUT2D eigenvalue weighted by atomic mass is 9.99. The van der Waals surface area contributed by atoms with Crippen molar-refractivity contribution in [3.8, 4) is 0 Å². The number of halogens is 2. The van der Waals surface area contributed by atoms with Gasteiger partial charge in [0.05, 0.1) is 0 Å². The van der Waals surface area contributed by atoms with Crippen LogP contribution in [0.4, 0.5) is 0 Å². The summed E-state index contributed by atoms with van der Waals surface area (Å²) in [7, 11) is 0. The van der Waals surface area contributed by atoms with Gasteiger partial charge >= 0.3 is 0 Å². The van der Waals surface area contributed by atoms with E-state index in [1.807, 2.05) is 18.2 Å². The lowest BCUT2D eigenvalue weighted by Crippen LogP contribution is -2.22. The smallest absolute Gasteiger partial charge is 0.0410 e. The number of benzene rings is 1. The van der Waals surface area contributed by atoms with Gasteiger partial charge in [-0.3, -0.25) is 0 Å². The maximum Gasteiger partial charge on any atom is 0.0410 e. The van der Waals surface area contributed by atoms with E-state index in [1.54, 1.807) is 0 Å². The molecule has 1 aromatic carbocycles. The van der Waals surface area contributed by atoms with Crippen molar-refractivity contribution in [3.63, 3.8) is 0 Å². The molecule has 0 saturated carbocycles. The SMILES string of the molecule is CCCCC(CC)CNCc1cc(Cl)ccc1Br. The van der Waals surface area contributed by atoms with E-state index in [4.69, 9.17) is 11.6 Å². The molecule has 1 aromatic rings. The normalized spacial score (nSPS) is 12.7. The van der Waals surface area contributed by atoms with Gasteiger partial charge in [0.15, 0.2) is 0 Å². The first-order valence-corrected chi connectivity index (χ1v) is 7.99. The lowest BCUT2D eigenvalue weighted by molar-refractivity contribution is 0.419. The van der Waals surface area contributed by atoms with Crippen LogP contribution in [0.3, 0.4) is 0 Å². The summed E-state index contributed by atoms with van der Waals surface area (Å²) < 4.78 is 1.13. The summed E-state index contributed by atoms with van der Waals surface area (Å²) in [6, 6.07) is 5.94. The van der Waals surface area contributed by atoms with Crippen LogP contribution in [0, 0.1) is 5.92 Å². The van der Waals surface area contributed by atoms with Gasteiger partial charge in [-0.1, -0.05) is 60.6 Å². The largest absolute Gasteiger partial charge is 0.312 e. The molecule has 0 aliphatic heterocycles. The quantitative estimate of drug-likeness (QED) is 0.671. The van der Waals surface area contributed by atoms with Gasteiger partial charge in [0.2, 0.25) is 0 Å². The van der Waals surface area contributed by atoms with E-state index in [0.29, 0.717) is 0 Å². The molecular weight excluding hydrogens is 310 g/mol. The summed E-state index contributed by atoms with van der Waals surface area (Å²) in [6.45, 7) is 6.50. The van der Waals surface area contributed by atoms with Gasteiger partial charge in [-0.15, -0.1) is 0 Å². The molecule has 0 bridgehead atoms. The molecule has 1 atom stereocenters. The molecule has 18 heavy (non-hydrogen) atoms. The van der Waals surface area contributed by atoms with Gasteiger partial charge in [0.1, 0.15) is 0 Å². The van der Waals surface area contributed by atoms with Gasteiger partial charge in [0, 0.05) is 16.0 Å². The summed E-state index contributed by atoms with van der Waals surface area (Å²) >= 11 is 9.56. The fraction of sp³-hybridized carbons (Fsp3) is 0.600. The molecule has 0 saturated heterocycles. The first kappa shape index (κ1) is 16.0. The molecule has 0 amide bonds. The van der Waals surface area contributed by atoms with E-state index in [2.05, 4.69) is 35.1 Å². The number of rotatable bonds is 8. The molecule has 0 spiro atoms. The number of nitrogens with one attached hydrogen (secondary N) is 1. The highest BCUT2D eigenvalue weighted by Crippen LogP contribution is 2.21. The van der Waals surface area contributed by atoms with Crippen molar-refractivity contribution in [2.24, 2.45) is 5.92 Å². The van der Waals surface area contributed by atoms with E-state index in [0.717, 1.165) is 28.5 Å². The van der Waals surface area contributed by atoms with Crippen molar-refractivity contribution in [2.45, 2.75) is 46.1 Å². The second-order valence-corrected chi connectivity index (χ2v) is 6.07. The molecule has 0 radical (unpaired) electrons. The third kappa shape index (κ3) is 5.73. The Kier molecular flexibility index (Phi) is 7.96. The van der Waals surface area contributed by atoms with Gasteiger partial charge in [-0.25, -0.2) is 0 Å². The van der Waals surface area contributed by atoms with Crippen LogP contribution in [0.2, 0.25) is 5.02 Å². The summed E-state index contributed by atoms with van der Waals surface area (Å²) in [4.78, 5) is 0. The van der Waals surface area contributed by atoms with Crippen LogP contribution in [0.5, 0.6) is 0 Å². The topological polar surface area (TPSA) is 12.0 Å². The Morgan fingerprint density at radius 2 is 2.11 bits per heavy atom. The lowest BCUT2D eigenvalue weighted by Gasteiger charge is -2.15. The van der Waals surface area contributed by atoms with E-state index in [-0.39, 0.29) is 0 Å². The number of unbranched alkanes of at least 4 members (excludes halogenated alkanes) is 1. The highest BCUT2D eigenvalue weighted by molar-refractivity contribution is 9.10. The molecule has 0 heterocycles. The monoisotopic (exact) mass is 331 g/mol. The second kappa shape index (κ2) is 8.95. The minimum atomic E-state index is 0.794. The molecule has 1 nitrogen and oxygen atoms in total. The average Bonchev–Trinajstić information content (AvgIpc) is 2.37. The molecule has 1 N–H and O–H groups in total. The van der Waals surface area contributed by atoms with Crippen LogP contribution < -0.4 is 5.32 Å². The van der Waals surface area contributed by atoms with E-state index >= 15 is 0 Å². The summed E-state index contributed by atoms with van der Waals surface area (Å²) in [5.41, 5.74) is 1.23. The van der Waals surface area contributed by atoms with Crippen LogP contribution in [0.1, 0.15) is 45.1 Å². The predicted octanol–water partition coefficient (Wildman–Crippen LogP) is 5.41. The first-order chi connectivity index (χ1) is 8.67. The Morgan fingerprint density at radius 1 is 1.33 bits per heavy atom. The highest BCUT2D eigenvalue weighted by Gasteiger charge is 2.06. The summed E-state index contributed by atoms with van der Waals surface area (Å²) in [6.07, 6.45) is 5.21. The van der Waals surface area contributed by atoms with Crippen molar-refractivity contribution in [1.82, 2.24) is 5.32 Å². The second-order valence-electron chi connectivity index (χ2n) is 4.78. The zero-order chi connectivity index (χ0) is 13.4. The Morgan fingerprint density at radius 3 is 2.78 bits per heavy atom. The molecule has 0 aliphatic carbocycles. The van der Waals surface area contributed by atoms with Crippen LogP contribution in [0.25, 0.3) is 0 Å². The van der Waals surface area contributed by atoms with Gasteiger partial charge < -0.3 is 5.32 Å². The fourth-order valence-electron chi connectivity index (χ4n) is 2.03. The van der Waals surface area contributed by atoms with Gasteiger partial charge in [0.25, 0.3) is 0 Å². The average molecular weight is 333 g/mol. The Bertz CT molecular complexity index is 354. The molecule has 1 rings (SSSR count). The zero-order valence-corrected chi connectivity index (χ0v) is 13.6. The predicted molar refractivity (Wildman–Crippen MR) is 84.2 cm³/mol. The summed E-state index contributed by atoms with van der Waals surface area (Å²) in [5.74, 6) is 0.794. The van der Waals surface area contributed by atoms with Crippen molar-refractivity contribution < 1.29 is 0 Å². The minimum absolute atomic E-state index is 0.794. The number of hydrogen-bond acceptors (Lipinski definition) is 1. The van der Waals surface area contributed by atoms with Gasteiger partial charge in [-0.05, 0) is 42.6 Å². The maximum absolute atomic E-state index is 6.01. The standard InChI is InChI=1S/C15H23BrClN/c1-3-5-6-12(4-2)10-18-11-13-9-14(17)7-8-15(13)16/h7-9,12,18H,3-6,10-11H2,1-2H3. The minimum Gasteiger partial charge on any atom is -0.312 e. The van der Waals surface area contributed by atoms with Crippen LogP contribution in [-0.2, 0) is 6.54 Å². The maximum atomic E-state index is 6.01. The molecule has 1 unspecified atom stereocenters. The van der Waals surface area contributed by atoms with E-state index in [9.17, 15) is 0 Å². The fourth-order valence-corrected chi connectivity index (χ4v) is 2.61. The van der Waals surface area contributed by atoms with Gasteiger partial charge in [-0.2, -0.15) is 0 Å². The Labute approximate surface area is 124 Å². The molecular formula is C15H23BrClN.